The van der Waals surface area contributed by atoms with Crippen LogP contribution < -0.4 is 20.1 Å². The van der Waals surface area contributed by atoms with Crippen molar-refractivity contribution in [2.24, 2.45) is 0 Å². The summed E-state index contributed by atoms with van der Waals surface area (Å²) in [7, 11) is 3.15. The molecule has 138 valence electrons. The van der Waals surface area contributed by atoms with Crippen LogP contribution in [0.15, 0.2) is 54.7 Å². The Hall–Kier alpha value is -3.61. The predicted octanol–water partition coefficient (Wildman–Crippen LogP) is 3.80. The first kappa shape index (κ1) is 18.2. The molecule has 1 amide bonds. The third kappa shape index (κ3) is 4.52. The number of aromatic nitrogens is 2. The molecule has 0 saturated carbocycles. The number of nitrogens with one attached hydrogen (secondary N) is 2. The Bertz CT molecular complexity index is 959. The standard InChI is InChI=1S/C20H20N4O3/c1-13-5-4-6-14(11-13)22-19(25)16-9-10-21-20(23-16)24-17-12-15(26-2)7-8-18(17)27-3/h4-12H,1-3H3,(H,22,25)(H,21,23,24). The molecule has 0 bridgehead atoms. The third-order valence-electron chi connectivity index (χ3n) is 3.82. The van der Waals surface area contributed by atoms with E-state index in [1.165, 1.54) is 6.20 Å². The SMILES string of the molecule is COc1ccc(OC)c(Nc2nccc(C(=O)Nc3cccc(C)c3)n2)c1. The van der Waals surface area contributed by atoms with Gasteiger partial charge in [0, 0.05) is 18.0 Å². The lowest BCUT2D eigenvalue weighted by molar-refractivity contribution is 0.102. The quantitative estimate of drug-likeness (QED) is 0.692. The van der Waals surface area contributed by atoms with Crippen LogP contribution in [0.2, 0.25) is 0 Å². The predicted molar refractivity (Wildman–Crippen MR) is 104 cm³/mol. The van der Waals surface area contributed by atoms with E-state index in [2.05, 4.69) is 20.6 Å². The van der Waals surface area contributed by atoms with Gasteiger partial charge in [0.15, 0.2) is 0 Å². The summed E-state index contributed by atoms with van der Waals surface area (Å²) >= 11 is 0. The van der Waals surface area contributed by atoms with Crippen LogP contribution in [0.1, 0.15) is 16.1 Å². The highest BCUT2D eigenvalue weighted by atomic mass is 16.5. The topological polar surface area (TPSA) is 85.4 Å². The van der Waals surface area contributed by atoms with Gasteiger partial charge in [0.25, 0.3) is 5.91 Å². The maximum atomic E-state index is 12.5. The smallest absolute Gasteiger partial charge is 0.274 e. The first-order chi connectivity index (χ1) is 13.1. The van der Waals surface area contributed by atoms with Crippen LogP contribution in [0, 0.1) is 6.92 Å². The summed E-state index contributed by atoms with van der Waals surface area (Å²) in [5, 5.41) is 5.89. The normalized spacial score (nSPS) is 10.2. The van der Waals surface area contributed by atoms with Crippen molar-refractivity contribution >= 4 is 23.2 Å². The number of methoxy groups -OCH3 is 2. The largest absolute Gasteiger partial charge is 0.497 e. The van der Waals surface area contributed by atoms with E-state index in [-0.39, 0.29) is 17.5 Å². The van der Waals surface area contributed by atoms with Crippen LogP contribution in [0.5, 0.6) is 11.5 Å². The van der Waals surface area contributed by atoms with E-state index >= 15 is 0 Å². The molecule has 0 unspecified atom stereocenters. The Morgan fingerprint density at radius 1 is 1.04 bits per heavy atom. The second-order valence-electron chi connectivity index (χ2n) is 5.78. The number of hydrogen-bond acceptors (Lipinski definition) is 6. The molecule has 0 atom stereocenters. The molecule has 0 aliphatic rings. The molecular formula is C20H20N4O3. The Labute approximate surface area is 157 Å². The van der Waals surface area contributed by atoms with Crippen LogP contribution in [-0.2, 0) is 0 Å². The van der Waals surface area contributed by atoms with Gasteiger partial charge in [-0.05, 0) is 42.8 Å². The summed E-state index contributed by atoms with van der Waals surface area (Å²) in [6.45, 7) is 1.96. The minimum Gasteiger partial charge on any atom is -0.497 e. The van der Waals surface area contributed by atoms with E-state index < -0.39 is 0 Å². The van der Waals surface area contributed by atoms with Crippen molar-refractivity contribution in [1.29, 1.82) is 0 Å². The fraction of sp³-hybridized carbons (Fsp3) is 0.150. The van der Waals surface area contributed by atoms with E-state index in [1.807, 2.05) is 31.2 Å². The van der Waals surface area contributed by atoms with Gasteiger partial charge in [0.1, 0.15) is 17.2 Å². The molecule has 2 aromatic carbocycles. The van der Waals surface area contributed by atoms with Crippen molar-refractivity contribution in [2.45, 2.75) is 6.92 Å². The lowest BCUT2D eigenvalue weighted by atomic mass is 10.2. The number of benzene rings is 2. The number of carbonyl (C=O) groups is 1. The lowest BCUT2D eigenvalue weighted by Crippen LogP contribution is -2.14. The number of rotatable bonds is 6. The number of nitrogens with zero attached hydrogens (tertiary/aromatic N) is 2. The van der Waals surface area contributed by atoms with Crippen molar-refractivity contribution in [3.05, 3.63) is 66.0 Å². The molecule has 1 aromatic heterocycles. The highest BCUT2D eigenvalue weighted by molar-refractivity contribution is 6.03. The van der Waals surface area contributed by atoms with Crippen molar-refractivity contribution in [2.75, 3.05) is 24.9 Å². The molecule has 2 N–H and O–H groups in total. The van der Waals surface area contributed by atoms with Gasteiger partial charge in [0.2, 0.25) is 5.95 Å². The van der Waals surface area contributed by atoms with Crippen molar-refractivity contribution in [1.82, 2.24) is 9.97 Å². The average molecular weight is 364 g/mol. The third-order valence-corrected chi connectivity index (χ3v) is 3.82. The molecule has 3 aromatic rings. The van der Waals surface area contributed by atoms with Gasteiger partial charge in [-0.3, -0.25) is 4.79 Å². The number of hydrogen-bond donors (Lipinski definition) is 2. The van der Waals surface area contributed by atoms with E-state index in [4.69, 9.17) is 9.47 Å². The molecule has 7 heteroatoms. The van der Waals surface area contributed by atoms with Crippen molar-refractivity contribution in [3.8, 4) is 11.5 Å². The molecule has 0 aliphatic carbocycles. The number of amides is 1. The highest BCUT2D eigenvalue weighted by Crippen LogP contribution is 2.30. The van der Waals surface area contributed by atoms with Crippen LogP contribution in [0.4, 0.5) is 17.3 Å². The van der Waals surface area contributed by atoms with Crippen molar-refractivity contribution in [3.63, 3.8) is 0 Å². The number of aryl methyl sites for hydroxylation is 1. The van der Waals surface area contributed by atoms with Gasteiger partial charge < -0.3 is 20.1 Å². The molecule has 0 aliphatic heterocycles. The molecule has 0 radical (unpaired) electrons. The number of carbonyl (C=O) groups excluding carboxylic acids is 1. The molecule has 3 rings (SSSR count). The number of anilines is 3. The molecule has 1 heterocycles. The second-order valence-corrected chi connectivity index (χ2v) is 5.78. The monoisotopic (exact) mass is 364 g/mol. The van der Waals surface area contributed by atoms with E-state index in [9.17, 15) is 4.79 Å². The minimum atomic E-state index is -0.316. The fourth-order valence-electron chi connectivity index (χ4n) is 2.50. The summed E-state index contributed by atoms with van der Waals surface area (Å²) < 4.78 is 10.6. The maximum absolute atomic E-state index is 12.5. The Morgan fingerprint density at radius 2 is 1.89 bits per heavy atom. The summed E-state index contributed by atoms with van der Waals surface area (Å²) in [5.41, 5.74) is 2.65. The fourth-order valence-corrected chi connectivity index (χ4v) is 2.50. The van der Waals surface area contributed by atoms with Gasteiger partial charge >= 0.3 is 0 Å². The molecule has 0 fully saturated rings. The second kappa shape index (κ2) is 8.18. The Kier molecular flexibility index (Phi) is 5.51. The van der Waals surface area contributed by atoms with Gasteiger partial charge in [0.05, 0.1) is 19.9 Å². The molecule has 27 heavy (non-hydrogen) atoms. The zero-order valence-electron chi connectivity index (χ0n) is 15.3. The molecule has 7 nitrogen and oxygen atoms in total. The first-order valence-corrected chi connectivity index (χ1v) is 8.29. The van der Waals surface area contributed by atoms with Gasteiger partial charge in [-0.2, -0.15) is 0 Å². The summed E-state index contributed by atoms with van der Waals surface area (Å²) in [5.74, 6) is 1.22. The van der Waals surface area contributed by atoms with E-state index in [0.717, 1.165) is 5.56 Å². The zero-order valence-corrected chi connectivity index (χ0v) is 15.3. The molecule has 0 saturated heterocycles. The van der Waals surface area contributed by atoms with Crippen LogP contribution in [-0.4, -0.2) is 30.1 Å². The average Bonchev–Trinajstić information content (AvgIpc) is 2.68. The van der Waals surface area contributed by atoms with Crippen molar-refractivity contribution < 1.29 is 14.3 Å². The lowest BCUT2D eigenvalue weighted by Gasteiger charge is -2.12. The van der Waals surface area contributed by atoms with Crippen LogP contribution >= 0.6 is 0 Å². The minimum absolute atomic E-state index is 0.246. The van der Waals surface area contributed by atoms with Gasteiger partial charge in [-0.25, -0.2) is 9.97 Å². The Balaban J connectivity index is 1.80. The van der Waals surface area contributed by atoms with E-state index in [0.29, 0.717) is 22.9 Å². The Morgan fingerprint density at radius 3 is 2.63 bits per heavy atom. The van der Waals surface area contributed by atoms with Gasteiger partial charge in [-0.15, -0.1) is 0 Å². The number of ether oxygens (including phenoxy) is 2. The van der Waals surface area contributed by atoms with E-state index in [1.54, 1.807) is 38.5 Å². The summed E-state index contributed by atoms with van der Waals surface area (Å²) in [4.78, 5) is 20.9. The van der Waals surface area contributed by atoms with Gasteiger partial charge in [-0.1, -0.05) is 12.1 Å². The van der Waals surface area contributed by atoms with Crippen LogP contribution in [0.3, 0.4) is 0 Å². The summed E-state index contributed by atoms with van der Waals surface area (Å²) in [6.07, 6.45) is 1.52. The molecule has 0 spiro atoms. The van der Waals surface area contributed by atoms with Crippen LogP contribution in [0.25, 0.3) is 0 Å². The first-order valence-electron chi connectivity index (χ1n) is 8.29. The summed E-state index contributed by atoms with van der Waals surface area (Å²) in [6, 6.07) is 14.4. The maximum Gasteiger partial charge on any atom is 0.274 e. The zero-order chi connectivity index (χ0) is 19.2. The highest BCUT2D eigenvalue weighted by Gasteiger charge is 2.11. The molecular weight excluding hydrogens is 344 g/mol.